The molecule has 0 atom stereocenters. The summed E-state index contributed by atoms with van der Waals surface area (Å²) in [7, 11) is 3.38. The van der Waals surface area contributed by atoms with E-state index in [1.807, 2.05) is 61.5 Å². The van der Waals surface area contributed by atoms with Crippen LogP contribution in [0, 0.1) is 6.92 Å². The largest absolute Gasteiger partial charge is 0.497 e. The number of nitrogens with zero attached hydrogens (tertiary/aromatic N) is 2. The maximum absolute atomic E-state index is 12.4. The molecule has 3 rings (SSSR count). The van der Waals surface area contributed by atoms with Gasteiger partial charge in [-0.3, -0.25) is 9.69 Å². The Labute approximate surface area is 145 Å². The van der Waals surface area contributed by atoms with Gasteiger partial charge >= 0.3 is 0 Å². The van der Waals surface area contributed by atoms with E-state index in [0.717, 1.165) is 22.6 Å². The molecule has 1 saturated heterocycles. The van der Waals surface area contributed by atoms with Crippen LogP contribution in [0.1, 0.15) is 11.1 Å². The summed E-state index contributed by atoms with van der Waals surface area (Å²) in [4.78, 5) is 19.3. The molecule has 0 N–H and O–H groups in total. The average Bonchev–Trinajstić information content (AvgIpc) is 2.86. The van der Waals surface area contributed by atoms with Crippen LogP contribution in [0.4, 0.5) is 5.69 Å². The first-order valence-corrected chi connectivity index (χ1v) is 8.36. The minimum absolute atomic E-state index is 0.0387. The summed E-state index contributed by atoms with van der Waals surface area (Å²) in [6, 6.07) is 15.5. The molecule has 0 saturated carbocycles. The fraction of sp³-hybridized carbons (Fsp3) is 0.158. The Kier molecular flexibility index (Phi) is 4.71. The van der Waals surface area contributed by atoms with Gasteiger partial charge in [0.25, 0.3) is 5.91 Å². The molecular formula is C19H18N2O2S. The van der Waals surface area contributed by atoms with E-state index in [0.29, 0.717) is 10.1 Å². The predicted octanol–water partition coefficient (Wildman–Crippen LogP) is 4.24. The zero-order valence-electron chi connectivity index (χ0n) is 13.8. The van der Waals surface area contributed by atoms with E-state index in [9.17, 15) is 4.79 Å². The number of hydrogen-bond donors (Lipinski definition) is 0. The van der Waals surface area contributed by atoms with Gasteiger partial charge in [-0.05, 0) is 54.1 Å². The smallest absolute Gasteiger partial charge is 0.266 e. The molecule has 2 aromatic carbocycles. The van der Waals surface area contributed by atoms with Crippen LogP contribution in [0.2, 0.25) is 0 Å². The van der Waals surface area contributed by atoms with Crippen molar-refractivity contribution in [3.63, 3.8) is 0 Å². The Bertz CT molecular complexity index is 826. The number of amidine groups is 1. The lowest BCUT2D eigenvalue weighted by atomic mass is 10.2. The molecule has 4 nitrogen and oxygen atoms in total. The number of hydrogen-bond acceptors (Lipinski definition) is 4. The van der Waals surface area contributed by atoms with E-state index in [1.165, 1.54) is 11.8 Å². The number of rotatable bonds is 3. The van der Waals surface area contributed by atoms with E-state index in [1.54, 1.807) is 19.1 Å². The van der Waals surface area contributed by atoms with Crippen molar-refractivity contribution < 1.29 is 9.53 Å². The van der Waals surface area contributed by atoms with Gasteiger partial charge in [0, 0.05) is 7.05 Å². The van der Waals surface area contributed by atoms with Crippen molar-refractivity contribution in [1.29, 1.82) is 0 Å². The van der Waals surface area contributed by atoms with Gasteiger partial charge in [-0.1, -0.05) is 30.3 Å². The summed E-state index contributed by atoms with van der Waals surface area (Å²) in [5.41, 5.74) is 2.92. The number of thioether (sulfide) groups is 1. The molecule has 1 amide bonds. The van der Waals surface area contributed by atoms with Crippen LogP contribution in [0.5, 0.6) is 5.75 Å². The maximum Gasteiger partial charge on any atom is 0.266 e. The number of benzene rings is 2. The molecule has 24 heavy (non-hydrogen) atoms. The summed E-state index contributed by atoms with van der Waals surface area (Å²) in [5, 5.41) is 0.689. The van der Waals surface area contributed by atoms with Crippen LogP contribution in [0.25, 0.3) is 6.08 Å². The molecule has 0 bridgehead atoms. The number of aryl methyl sites for hydroxylation is 1. The minimum atomic E-state index is -0.0387. The third kappa shape index (κ3) is 3.36. The number of para-hydroxylation sites is 1. The van der Waals surface area contributed by atoms with Crippen LogP contribution >= 0.6 is 11.8 Å². The number of carbonyl (C=O) groups is 1. The zero-order chi connectivity index (χ0) is 17.1. The number of likely N-dealkylation sites (N-methyl/N-ethyl adjacent to an activating group) is 1. The van der Waals surface area contributed by atoms with Crippen LogP contribution < -0.4 is 4.74 Å². The quantitative estimate of drug-likeness (QED) is 0.786. The maximum atomic E-state index is 12.4. The highest BCUT2D eigenvalue weighted by molar-refractivity contribution is 8.18. The zero-order valence-corrected chi connectivity index (χ0v) is 14.6. The molecule has 1 fully saturated rings. The third-order valence-electron chi connectivity index (χ3n) is 3.75. The van der Waals surface area contributed by atoms with Gasteiger partial charge in [-0.2, -0.15) is 0 Å². The van der Waals surface area contributed by atoms with Crippen molar-refractivity contribution in [3.8, 4) is 5.75 Å². The van der Waals surface area contributed by atoms with Crippen molar-refractivity contribution in [3.05, 3.63) is 64.6 Å². The molecule has 2 aromatic rings. The second-order valence-corrected chi connectivity index (χ2v) is 6.44. The highest BCUT2D eigenvalue weighted by atomic mass is 32.2. The van der Waals surface area contributed by atoms with Gasteiger partial charge in [0.15, 0.2) is 5.17 Å². The molecular weight excluding hydrogens is 320 g/mol. The van der Waals surface area contributed by atoms with Crippen LogP contribution in [0.15, 0.2) is 58.4 Å². The van der Waals surface area contributed by atoms with Crippen molar-refractivity contribution in [1.82, 2.24) is 4.90 Å². The molecule has 1 aliphatic heterocycles. The summed E-state index contributed by atoms with van der Waals surface area (Å²) in [6.07, 6.45) is 1.88. The molecule has 0 unspecified atom stereocenters. The summed E-state index contributed by atoms with van der Waals surface area (Å²) in [6.45, 7) is 2.01. The van der Waals surface area contributed by atoms with E-state index in [4.69, 9.17) is 4.74 Å². The fourth-order valence-electron chi connectivity index (χ4n) is 2.30. The summed E-state index contributed by atoms with van der Waals surface area (Å²) in [5.74, 6) is 0.754. The lowest BCUT2D eigenvalue weighted by Gasteiger charge is -2.08. The van der Waals surface area contributed by atoms with Gasteiger partial charge in [0.05, 0.1) is 17.7 Å². The Balaban J connectivity index is 1.88. The highest BCUT2D eigenvalue weighted by Crippen LogP contribution is 2.33. The minimum Gasteiger partial charge on any atom is -0.497 e. The first kappa shape index (κ1) is 16.3. The molecule has 0 radical (unpaired) electrons. The van der Waals surface area contributed by atoms with Gasteiger partial charge < -0.3 is 4.74 Å². The van der Waals surface area contributed by atoms with E-state index in [2.05, 4.69) is 4.99 Å². The van der Waals surface area contributed by atoms with Gasteiger partial charge in [0.2, 0.25) is 0 Å². The highest BCUT2D eigenvalue weighted by Gasteiger charge is 2.30. The van der Waals surface area contributed by atoms with Gasteiger partial charge in [-0.15, -0.1) is 0 Å². The van der Waals surface area contributed by atoms with E-state index in [-0.39, 0.29) is 5.91 Å². The number of methoxy groups -OCH3 is 1. The van der Waals surface area contributed by atoms with E-state index >= 15 is 0 Å². The summed E-state index contributed by atoms with van der Waals surface area (Å²) < 4.78 is 5.15. The Morgan fingerprint density at radius 3 is 2.50 bits per heavy atom. The number of amides is 1. The molecule has 1 heterocycles. The lowest BCUT2D eigenvalue weighted by molar-refractivity contribution is -0.121. The second-order valence-electron chi connectivity index (χ2n) is 5.43. The number of ether oxygens (including phenoxy) is 1. The van der Waals surface area contributed by atoms with Crippen molar-refractivity contribution in [2.75, 3.05) is 14.2 Å². The Morgan fingerprint density at radius 1 is 1.12 bits per heavy atom. The molecule has 0 aliphatic carbocycles. The SMILES string of the molecule is COc1ccc(/C=C2/SC(=Nc3ccccc3C)N(C)C2=O)cc1. The van der Waals surface area contributed by atoms with Crippen molar-refractivity contribution in [2.24, 2.45) is 4.99 Å². The molecule has 0 aromatic heterocycles. The number of carbonyl (C=O) groups excluding carboxylic acids is 1. The second kappa shape index (κ2) is 6.93. The van der Waals surface area contributed by atoms with Crippen molar-refractivity contribution >= 4 is 34.6 Å². The molecule has 1 aliphatic rings. The Morgan fingerprint density at radius 2 is 1.83 bits per heavy atom. The first-order valence-electron chi connectivity index (χ1n) is 7.54. The van der Waals surface area contributed by atoms with E-state index < -0.39 is 0 Å². The predicted molar refractivity (Wildman–Crippen MR) is 99.6 cm³/mol. The summed E-state index contributed by atoms with van der Waals surface area (Å²) >= 11 is 1.39. The lowest BCUT2D eigenvalue weighted by Crippen LogP contribution is -2.23. The van der Waals surface area contributed by atoms with Gasteiger partial charge in [0.1, 0.15) is 5.75 Å². The van der Waals surface area contributed by atoms with Crippen LogP contribution in [-0.4, -0.2) is 30.1 Å². The number of aliphatic imine (C=N–C) groups is 1. The Hall–Kier alpha value is -2.53. The average molecular weight is 338 g/mol. The van der Waals surface area contributed by atoms with Crippen molar-refractivity contribution in [2.45, 2.75) is 6.92 Å². The van der Waals surface area contributed by atoms with Crippen LogP contribution in [0.3, 0.4) is 0 Å². The molecule has 122 valence electrons. The van der Waals surface area contributed by atoms with Gasteiger partial charge in [-0.25, -0.2) is 4.99 Å². The topological polar surface area (TPSA) is 41.9 Å². The monoisotopic (exact) mass is 338 g/mol. The fourth-order valence-corrected chi connectivity index (χ4v) is 3.27. The third-order valence-corrected chi connectivity index (χ3v) is 4.81. The molecule has 0 spiro atoms. The first-order chi connectivity index (χ1) is 11.6. The molecule has 5 heteroatoms. The standard InChI is InChI=1S/C19H18N2O2S/c1-13-6-4-5-7-16(13)20-19-21(2)18(22)17(24-19)12-14-8-10-15(23-3)11-9-14/h4-12H,1-3H3/b17-12+,20-19?. The van der Waals surface area contributed by atoms with Crippen LogP contribution in [-0.2, 0) is 4.79 Å². The normalized spacial score (nSPS) is 17.8.